The Balaban J connectivity index is 1.35. The van der Waals surface area contributed by atoms with Crippen LogP contribution in [0, 0.1) is 11.8 Å². The first kappa shape index (κ1) is 20.9. The number of aliphatic hydroxyl groups excluding tert-OH is 1. The Morgan fingerprint density at radius 1 is 0.970 bits per heavy atom. The summed E-state index contributed by atoms with van der Waals surface area (Å²) in [7, 11) is 0. The van der Waals surface area contributed by atoms with Crippen molar-refractivity contribution in [3.63, 3.8) is 0 Å². The molecule has 3 atom stereocenters. The number of benzene rings is 2. The first-order chi connectivity index (χ1) is 16.2. The van der Waals surface area contributed by atoms with Crippen LogP contribution in [-0.4, -0.2) is 63.5 Å². The fourth-order valence-electron chi connectivity index (χ4n) is 4.76. The third-order valence-corrected chi connectivity index (χ3v) is 6.34. The third kappa shape index (κ3) is 3.99. The molecule has 2 saturated heterocycles. The predicted molar refractivity (Wildman–Crippen MR) is 123 cm³/mol. The van der Waals surface area contributed by atoms with E-state index < -0.39 is 0 Å². The van der Waals surface area contributed by atoms with Crippen LogP contribution in [0.1, 0.15) is 33.1 Å². The highest BCUT2D eigenvalue weighted by atomic mass is 16.3. The number of rotatable bonds is 3. The second kappa shape index (κ2) is 8.89. The number of hydrogen-bond acceptors (Lipinski definition) is 4. The normalized spacial score (nSPS) is 21.5. The van der Waals surface area contributed by atoms with E-state index in [4.69, 9.17) is 0 Å². The lowest BCUT2D eigenvalue weighted by Crippen LogP contribution is -2.73. The van der Waals surface area contributed by atoms with Crippen molar-refractivity contribution in [2.75, 3.05) is 19.7 Å². The summed E-state index contributed by atoms with van der Waals surface area (Å²) in [4.78, 5) is 33.1. The molecule has 2 aliphatic rings. The number of nitrogens with zero attached hydrogens (tertiary/aromatic N) is 3. The number of carbonyl (C=O) groups is 2. The van der Waals surface area contributed by atoms with Gasteiger partial charge in [-0.2, -0.15) is 0 Å². The zero-order valence-electron chi connectivity index (χ0n) is 18.0. The van der Waals surface area contributed by atoms with Crippen molar-refractivity contribution in [3.8, 4) is 11.8 Å². The molecule has 0 saturated carbocycles. The van der Waals surface area contributed by atoms with Crippen molar-refractivity contribution in [1.82, 2.24) is 14.8 Å². The molecule has 3 heterocycles. The van der Waals surface area contributed by atoms with Crippen molar-refractivity contribution in [1.29, 1.82) is 0 Å². The summed E-state index contributed by atoms with van der Waals surface area (Å²) in [5.74, 6) is 5.88. The van der Waals surface area contributed by atoms with Crippen LogP contribution in [0.15, 0.2) is 79.0 Å². The molecule has 6 nitrogen and oxygen atoms in total. The van der Waals surface area contributed by atoms with Gasteiger partial charge in [-0.25, -0.2) is 0 Å². The molecule has 2 fully saturated rings. The lowest BCUT2D eigenvalue weighted by atomic mass is 9.73. The molecule has 164 valence electrons. The summed E-state index contributed by atoms with van der Waals surface area (Å²) in [6, 6.07) is 22.5. The van der Waals surface area contributed by atoms with Gasteiger partial charge >= 0.3 is 0 Å². The molecular formula is C27H23N3O3. The number of pyridine rings is 1. The molecule has 5 rings (SSSR count). The van der Waals surface area contributed by atoms with Gasteiger partial charge in [0.05, 0.1) is 18.7 Å². The minimum atomic E-state index is -0.282. The first-order valence-corrected chi connectivity index (χ1v) is 10.9. The molecule has 3 aromatic rings. The molecule has 2 aliphatic heterocycles. The van der Waals surface area contributed by atoms with Crippen LogP contribution in [0.5, 0.6) is 0 Å². The zero-order valence-corrected chi connectivity index (χ0v) is 18.0. The predicted octanol–water partition coefficient (Wildman–Crippen LogP) is 2.29. The van der Waals surface area contributed by atoms with Crippen molar-refractivity contribution < 1.29 is 14.7 Å². The fourth-order valence-corrected chi connectivity index (χ4v) is 4.76. The number of amides is 2. The van der Waals surface area contributed by atoms with Gasteiger partial charge in [0.2, 0.25) is 5.91 Å². The largest absolute Gasteiger partial charge is 0.394 e. The lowest BCUT2D eigenvalue weighted by molar-refractivity contribution is -0.159. The molecule has 2 aromatic carbocycles. The Hall–Kier alpha value is -3.95. The van der Waals surface area contributed by atoms with Crippen molar-refractivity contribution in [2.45, 2.75) is 18.0 Å². The molecule has 2 amide bonds. The van der Waals surface area contributed by atoms with Gasteiger partial charge in [-0.05, 0) is 42.0 Å². The Labute approximate surface area is 192 Å². The van der Waals surface area contributed by atoms with E-state index in [0.717, 1.165) is 16.7 Å². The topological polar surface area (TPSA) is 73.7 Å². The molecule has 0 aliphatic carbocycles. The van der Waals surface area contributed by atoms with E-state index in [1.54, 1.807) is 34.2 Å². The van der Waals surface area contributed by atoms with Crippen LogP contribution in [0.4, 0.5) is 0 Å². The van der Waals surface area contributed by atoms with Gasteiger partial charge in [-0.1, -0.05) is 48.2 Å². The number of carbonyl (C=O) groups excluding carboxylic acids is 2. The number of hydrogen-bond donors (Lipinski definition) is 1. The van der Waals surface area contributed by atoms with Crippen LogP contribution >= 0.6 is 0 Å². The van der Waals surface area contributed by atoms with Gasteiger partial charge in [0, 0.05) is 29.8 Å². The van der Waals surface area contributed by atoms with Gasteiger partial charge in [-0.15, -0.1) is 0 Å². The summed E-state index contributed by atoms with van der Waals surface area (Å²) in [6.45, 7) is 0.303. The summed E-state index contributed by atoms with van der Waals surface area (Å²) in [5, 5.41) is 9.99. The van der Waals surface area contributed by atoms with E-state index >= 15 is 0 Å². The smallest absolute Gasteiger partial charge is 0.272 e. The average Bonchev–Trinajstić information content (AvgIpc) is 2.85. The second-order valence-electron chi connectivity index (χ2n) is 8.28. The van der Waals surface area contributed by atoms with Gasteiger partial charge in [-0.3, -0.25) is 14.6 Å². The van der Waals surface area contributed by atoms with Gasteiger partial charge < -0.3 is 14.9 Å². The van der Waals surface area contributed by atoms with Crippen molar-refractivity contribution in [3.05, 3.63) is 101 Å². The highest BCUT2D eigenvalue weighted by Crippen LogP contribution is 2.43. The van der Waals surface area contributed by atoms with E-state index in [0.29, 0.717) is 12.2 Å². The monoisotopic (exact) mass is 437 g/mol. The Morgan fingerprint density at radius 3 is 2.33 bits per heavy atom. The van der Waals surface area contributed by atoms with Gasteiger partial charge in [0.15, 0.2) is 0 Å². The molecular weight excluding hydrogens is 414 g/mol. The number of aromatic nitrogens is 1. The maximum atomic E-state index is 12.9. The van der Waals surface area contributed by atoms with E-state index in [1.807, 2.05) is 54.6 Å². The third-order valence-electron chi connectivity index (χ3n) is 6.34. The lowest BCUT2D eigenvalue weighted by Gasteiger charge is -2.58. The van der Waals surface area contributed by atoms with Crippen molar-refractivity contribution in [2.24, 2.45) is 0 Å². The Kier molecular flexibility index (Phi) is 5.64. The van der Waals surface area contributed by atoms with E-state index in [2.05, 4.69) is 16.8 Å². The number of piperazine rings is 1. The van der Waals surface area contributed by atoms with E-state index in [9.17, 15) is 14.7 Å². The van der Waals surface area contributed by atoms with Gasteiger partial charge in [0.1, 0.15) is 12.2 Å². The van der Waals surface area contributed by atoms with Crippen LogP contribution in [0.3, 0.4) is 0 Å². The standard InChI is InChI=1S/C27H23N3O3/c31-18-24-26(21-13-11-20(12-14-21)10-9-19-6-2-1-3-7-19)23-16-29(17-25(32)30(23)24)27(33)22-8-4-5-15-28-22/h1-8,11-15,23-24,26,31H,16-18H2/t23-,24-,26-/m1/s1. The number of aliphatic hydroxyl groups is 1. The summed E-state index contributed by atoms with van der Waals surface area (Å²) in [5.41, 5.74) is 3.20. The van der Waals surface area contributed by atoms with Crippen LogP contribution in [0.2, 0.25) is 0 Å². The second-order valence-corrected chi connectivity index (χ2v) is 8.28. The summed E-state index contributed by atoms with van der Waals surface area (Å²) in [6.07, 6.45) is 1.57. The maximum absolute atomic E-state index is 12.9. The van der Waals surface area contributed by atoms with Crippen LogP contribution in [0.25, 0.3) is 0 Å². The molecule has 1 N–H and O–H groups in total. The molecule has 0 spiro atoms. The number of fused-ring (bicyclic) bond motifs is 1. The quantitative estimate of drug-likeness (QED) is 0.638. The van der Waals surface area contributed by atoms with Gasteiger partial charge in [0.25, 0.3) is 5.91 Å². The minimum Gasteiger partial charge on any atom is -0.394 e. The minimum absolute atomic E-state index is 0.00312. The summed E-state index contributed by atoms with van der Waals surface area (Å²) < 4.78 is 0. The highest BCUT2D eigenvalue weighted by Gasteiger charge is 2.54. The average molecular weight is 437 g/mol. The molecule has 1 aromatic heterocycles. The Morgan fingerprint density at radius 2 is 1.67 bits per heavy atom. The Bertz CT molecular complexity index is 1220. The SMILES string of the molecule is O=C(c1ccccn1)N1CC(=O)N2[C@H](CO)[C@H](c3ccc(C#Cc4ccccc4)cc3)[C@H]2C1. The van der Waals surface area contributed by atoms with E-state index in [-0.39, 0.29) is 43.0 Å². The zero-order chi connectivity index (χ0) is 22.8. The van der Waals surface area contributed by atoms with Crippen molar-refractivity contribution >= 4 is 11.8 Å². The fraction of sp³-hybridized carbons (Fsp3) is 0.222. The maximum Gasteiger partial charge on any atom is 0.272 e. The molecule has 6 heteroatoms. The summed E-state index contributed by atoms with van der Waals surface area (Å²) >= 11 is 0. The first-order valence-electron chi connectivity index (χ1n) is 10.9. The molecule has 0 radical (unpaired) electrons. The van der Waals surface area contributed by atoms with Crippen LogP contribution < -0.4 is 0 Å². The van der Waals surface area contributed by atoms with E-state index in [1.165, 1.54) is 0 Å². The molecule has 33 heavy (non-hydrogen) atoms. The van der Waals surface area contributed by atoms with Crippen LogP contribution in [-0.2, 0) is 4.79 Å². The molecule has 0 unspecified atom stereocenters. The highest BCUT2D eigenvalue weighted by molar-refractivity contribution is 5.96. The molecule has 0 bridgehead atoms.